The zero-order chi connectivity index (χ0) is 15.5. The van der Waals surface area contributed by atoms with Crippen LogP contribution in [0, 0.1) is 11.3 Å². The summed E-state index contributed by atoms with van der Waals surface area (Å²) in [5, 5.41) is 3.43. The summed E-state index contributed by atoms with van der Waals surface area (Å²) in [5.74, 6) is 0.675. The van der Waals surface area contributed by atoms with E-state index >= 15 is 0 Å². The van der Waals surface area contributed by atoms with Crippen molar-refractivity contribution in [1.82, 2.24) is 10.2 Å². The molecule has 0 amide bonds. The largest absolute Gasteiger partial charge is 0.468 e. The van der Waals surface area contributed by atoms with E-state index in [1.54, 1.807) is 0 Å². The van der Waals surface area contributed by atoms with Crippen molar-refractivity contribution in [1.29, 1.82) is 0 Å². The van der Waals surface area contributed by atoms with Crippen LogP contribution in [-0.2, 0) is 9.53 Å². The zero-order valence-electron chi connectivity index (χ0n) is 14.2. The quantitative estimate of drug-likeness (QED) is 0.791. The van der Waals surface area contributed by atoms with Crippen LogP contribution in [0.25, 0.3) is 0 Å². The van der Waals surface area contributed by atoms with Crippen molar-refractivity contribution in [2.45, 2.75) is 65.0 Å². The van der Waals surface area contributed by atoms with Gasteiger partial charge in [-0.2, -0.15) is 0 Å². The van der Waals surface area contributed by atoms with E-state index in [2.05, 4.69) is 31.0 Å². The molecule has 0 aromatic rings. The summed E-state index contributed by atoms with van der Waals surface area (Å²) in [6.45, 7) is 10.0. The van der Waals surface area contributed by atoms with Gasteiger partial charge in [-0.3, -0.25) is 4.79 Å². The van der Waals surface area contributed by atoms with Gasteiger partial charge in [0.25, 0.3) is 0 Å². The zero-order valence-corrected chi connectivity index (χ0v) is 14.2. The van der Waals surface area contributed by atoms with Crippen molar-refractivity contribution in [3.05, 3.63) is 0 Å². The third-order valence-corrected chi connectivity index (χ3v) is 4.99. The first-order valence-corrected chi connectivity index (χ1v) is 8.46. The molecule has 21 heavy (non-hydrogen) atoms. The lowest BCUT2D eigenvalue weighted by atomic mass is 9.77. The maximum Gasteiger partial charge on any atom is 0.324 e. The Balaban J connectivity index is 1.86. The number of likely N-dealkylation sites (tertiary alicyclic amines) is 1. The lowest BCUT2D eigenvalue weighted by Crippen LogP contribution is -2.47. The Morgan fingerprint density at radius 2 is 1.95 bits per heavy atom. The number of rotatable bonds is 5. The molecule has 0 aromatic heterocycles. The van der Waals surface area contributed by atoms with Gasteiger partial charge in [0.1, 0.15) is 6.04 Å². The molecule has 1 heterocycles. The van der Waals surface area contributed by atoms with E-state index < -0.39 is 0 Å². The fourth-order valence-electron chi connectivity index (χ4n) is 3.33. The van der Waals surface area contributed by atoms with Crippen LogP contribution in [0.1, 0.15) is 52.9 Å². The van der Waals surface area contributed by atoms with Gasteiger partial charge < -0.3 is 15.0 Å². The monoisotopic (exact) mass is 296 g/mol. The van der Waals surface area contributed by atoms with Gasteiger partial charge in [-0.05, 0) is 56.5 Å². The van der Waals surface area contributed by atoms with Gasteiger partial charge in [0.15, 0.2) is 0 Å². The van der Waals surface area contributed by atoms with Crippen LogP contribution in [0.3, 0.4) is 0 Å². The Kier molecular flexibility index (Phi) is 5.67. The highest BCUT2D eigenvalue weighted by Crippen LogP contribution is 2.34. The molecule has 4 heteroatoms. The summed E-state index contributed by atoms with van der Waals surface area (Å²) in [4.78, 5) is 14.4. The van der Waals surface area contributed by atoms with Gasteiger partial charge in [-0.15, -0.1) is 0 Å². The molecular weight excluding hydrogens is 264 g/mol. The molecule has 4 nitrogen and oxygen atoms in total. The minimum atomic E-state index is -0.159. The molecule has 0 spiro atoms. The number of methoxy groups -OCH3 is 1. The van der Waals surface area contributed by atoms with Gasteiger partial charge in [-0.25, -0.2) is 0 Å². The third-order valence-electron chi connectivity index (χ3n) is 4.99. The molecule has 2 atom stereocenters. The molecule has 1 saturated carbocycles. The van der Waals surface area contributed by atoms with E-state index in [0.29, 0.717) is 11.5 Å². The van der Waals surface area contributed by atoms with E-state index in [9.17, 15) is 4.79 Å². The summed E-state index contributed by atoms with van der Waals surface area (Å²) in [6.07, 6.45) is 6.16. The van der Waals surface area contributed by atoms with Crippen molar-refractivity contribution in [3.63, 3.8) is 0 Å². The molecular formula is C17H32N2O2. The molecule has 2 unspecified atom stereocenters. The predicted molar refractivity (Wildman–Crippen MR) is 85.2 cm³/mol. The Hall–Kier alpha value is -0.610. The van der Waals surface area contributed by atoms with Gasteiger partial charge in [0, 0.05) is 12.6 Å². The van der Waals surface area contributed by atoms with Crippen LogP contribution in [0.15, 0.2) is 0 Å². The van der Waals surface area contributed by atoms with Crippen molar-refractivity contribution in [2.75, 3.05) is 26.7 Å². The molecule has 2 rings (SSSR count). The van der Waals surface area contributed by atoms with Gasteiger partial charge >= 0.3 is 5.97 Å². The summed E-state index contributed by atoms with van der Waals surface area (Å²) >= 11 is 0. The second-order valence-electron chi connectivity index (χ2n) is 7.81. The number of esters is 1. The van der Waals surface area contributed by atoms with Crippen LogP contribution in [-0.4, -0.2) is 49.7 Å². The minimum absolute atomic E-state index is 0.112. The summed E-state index contributed by atoms with van der Waals surface area (Å²) in [6, 6.07) is 0.372. The topological polar surface area (TPSA) is 41.6 Å². The first-order chi connectivity index (χ1) is 9.90. The van der Waals surface area contributed by atoms with E-state index in [4.69, 9.17) is 4.74 Å². The summed E-state index contributed by atoms with van der Waals surface area (Å²) < 4.78 is 4.96. The SMILES string of the molecule is COC(=O)C(CN1CCCC(C(C)(C)C)CC1)NC1CC1. The fraction of sp³-hybridized carbons (Fsp3) is 0.941. The van der Waals surface area contributed by atoms with Crippen molar-refractivity contribution in [3.8, 4) is 0 Å². The molecule has 0 bridgehead atoms. The number of hydrogen-bond donors (Lipinski definition) is 1. The Bertz CT molecular complexity index is 347. The third kappa shape index (κ3) is 5.26. The molecule has 122 valence electrons. The van der Waals surface area contributed by atoms with Crippen LogP contribution in [0.5, 0.6) is 0 Å². The van der Waals surface area contributed by atoms with Crippen molar-refractivity contribution < 1.29 is 9.53 Å². The Morgan fingerprint density at radius 3 is 2.52 bits per heavy atom. The summed E-state index contributed by atoms with van der Waals surface area (Å²) in [5.41, 5.74) is 0.393. The maximum absolute atomic E-state index is 11.9. The van der Waals surface area contributed by atoms with Crippen LogP contribution in [0.2, 0.25) is 0 Å². The van der Waals surface area contributed by atoms with E-state index in [1.807, 2.05) is 0 Å². The number of nitrogens with one attached hydrogen (secondary N) is 1. The number of nitrogens with zero attached hydrogens (tertiary/aromatic N) is 1. The Labute approximate surface area is 129 Å². The average Bonchev–Trinajstić information content (AvgIpc) is 3.23. The smallest absolute Gasteiger partial charge is 0.324 e. The standard InChI is InChI=1S/C17H32N2O2/c1-17(2,3)13-6-5-10-19(11-9-13)12-15(16(20)21-4)18-14-7-8-14/h13-15,18H,5-12H2,1-4H3. The van der Waals surface area contributed by atoms with Crippen LogP contribution >= 0.6 is 0 Å². The molecule has 0 radical (unpaired) electrons. The fourth-order valence-corrected chi connectivity index (χ4v) is 3.33. The van der Waals surface area contributed by atoms with Gasteiger partial charge in [0.2, 0.25) is 0 Å². The summed E-state index contributed by atoms with van der Waals surface area (Å²) in [7, 11) is 1.49. The highest BCUT2D eigenvalue weighted by molar-refractivity contribution is 5.76. The van der Waals surface area contributed by atoms with Crippen molar-refractivity contribution >= 4 is 5.97 Å². The molecule has 0 aromatic carbocycles. The normalized spacial score (nSPS) is 26.2. The van der Waals surface area contributed by atoms with E-state index in [1.165, 1.54) is 39.2 Å². The first kappa shape index (κ1) is 16.8. The van der Waals surface area contributed by atoms with E-state index in [-0.39, 0.29) is 12.0 Å². The second-order valence-corrected chi connectivity index (χ2v) is 7.81. The van der Waals surface area contributed by atoms with Crippen LogP contribution in [0.4, 0.5) is 0 Å². The molecule has 2 fully saturated rings. The van der Waals surface area contributed by atoms with Crippen molar-refractivity contribution in [2.24, 2.45) is 11.3 Å². The van der Waals surface area contributed by atoms with Crippen LogP contribution < -0.4 is 5.32 Å². The minimum Gasteiger partial charge on any atom is -0.468 e. The second kappa shape index (κ2) is 7.10. The molecule has 1 saturated heterocycles. The lowest BCUT2D eigenvalue weighted by molar-refractivity contribution is -0.143. The van der Waals surface area contributed by atoms with Gasteiger partial charge in [-0.1, -0.05) is 20.8 Å². The number of ether oxygens (including phenoxy) is 1. The lowest BCUT2D eigenvalue weighted by Gasteiger charge is -2.30. The first-order valence-electron chi connectivity index (χ1n) is 8.46. The maximum atomic E-state index is 11.9. The van der Waals surface area contributed by atoms with Gasteiger partial charge in [0.05, 0.1) is 7.11 Å². The number of carbonyl (C=O) groups is 1. The highest BCUT2D eigenvalue weighted by atomic mass is 16.5. The predicted octanol–water partition coefficient (Wildman–Crippen LogP) is 2.43. The molecule has 1 aliphatic carbocycles. The molecule has 1 N–H and O–H groups in total. The highest BCUT2D eigenvalue weighted by Gasteiger charge is 2.32. The Morgan fingerprint density at radius 1 is 1.24 bits per heavy atom. The average molecular weight is 296 g/mol. The number of hydrogen-bond acceptors (Lipinski definition) is 4. The molecule has 1 aliphatic heterocycles. The van der Waals surface area contributed by atoms with E-state index in [0.717, 1.165) is 25.6 Å². The number of carbonyl (C=O) groups excluding carboxylic acids is 1. The molecule has 2 aliphatic rings.